The van der Waals surface area contributed by atoms with Crippen molar-refractivity contribution in [2.45, 2.75) is 82.8 Å². The first-order valence-corrected chi connectivity index (χ1v) is 10.7. The summed E-state index contributed by atoms with van der Waals surface area (Å²) < 4.78 is 45.3. The van der Waals surface area contributed by atoms with Crippen molar-refractivity contribution < 1.29 is 17.9 Å². The maximum Gasteiger partial charge on any atom is 0.451 e. The second-order valence-electron chi connectivity index (χ2n) is 7.88. The zero-order valence-corrected chi connectivity index (χ0v) is 17.0. The Kier molecular flexibility index (Phi) is 7.56. The number of hydrogen-bond acceptors (Lipinski definition) is 4. The summed E-state index contributed by atoms with van der Waals surface area (Å²) in [6, 6.07) is 5.10. The lowest BCUT2D eigenvalue weighted by atomic mass is 9.98. The zero-order valence-electron chi connectivity index (χ0n) is 17.0. The van der Waals surface area contributed by atoms with Gasteiger partial charge in [0, 0.05) is 17.5 Å². The number of methoxy groups -OCH3 is 1. The van der Waals surface area contributed by atoms with E-state index in [4.69, 9.17) is 4.74 Å². The SMILES string of the molecule is COc1ccc2c(NC3CCCCCCCCCCC3)nc(C(F)(F)F)nc2c1. The Morgan fingerprint density at radius 2 is 1.48 bits per heavy atom. The van der Waals surface area contributed by atoms with E-state index in [9.17, 15) is 13.2 Å². The third kappa shape index (κ3) is 6.21. The molecule has 2 aromatic rings. The standard InChI is InChI=1S/C22H30F3N3O/c1-29-17-13-14-18-19(15-17)27-21(22(23,24)25)28-20(18)26-16-11-9-7-5-3-2-4-6-8-10-12-16/h13-16H,2-12H2,1H3,(H,26,27,28). The molecule has 0 amide bonds. The van der Waals surface area contributed by atoms with Gasteiger partial charge in [0.25, 0.3) is 0 Å². The van der Waals surface area contributed by atoms with Crippen LogP contribution in [0.15, 0.2) is 18.2 Å². The van der Waals surface area contributed by atoms with Crippen LogP contribution in [0.1, 0.15) is 76.5 Å². The van der Waals surface area contributed by atoms with Gasteiger partial charge in [-0.1, -0.05) is 57.8 Å². The lowest BCUT2D eigenvalue weighted by Gasteiger charge is -2.22. The second kappa shape index (κ2) is 10.1. The fourth-order valence-electron chi connectivity index (χ4n) is 3.97. The number of rotatable bonds is 3. The highest BCUT2D eigenvalue weighted by molar-refractivity contribution is 5.90. The largest absolute Gasteiger partial charge is 0.497 e. The maximum atomic E-state index is 13.4. The summed E-state index contributed by atoms with van der Waals surface area (Å²) in [5, 5.41) is 3.92. The van der Waals surface area contributed by atoms with Crippen LogP contribution < -0.4 is 10.1 Å². The molecule has 3 rings (SSSR count). The number of nitrogens with one attached hydrogen (secondary N) is 1. The molecule has 160 valence electrons. The number of hydrogen-bond donors (Lipinski definition) is 1. The molecule has 4 nitrogen and oxygen atoms in total. The molecule has 0 bridgehead atoms. The number of ether oxygens (including phenoxy) is 1. The molecule has 1 N–H and O–H groups in total. The monoisotopic (exact) mass is 409 g/mol. The first-order valence-electron chi connectivity index (χ1n) is 10.7. The number of fused-ring (bicyclic) bond motifs is 1. The van der Waals surface area contributed by atoms with Crippen LogP contribution in [0.3, 0.4) is 0 Å². The minimum absolute atomic E-state index is 0.121. The van der Waals surface area contributed by atoms with Crippen LogP contribution >= 0.6 is 0 Å². The molecule has 0 aliphatic heterocycles. The molecule has 0 atom stereocenters. The van der Waals surface area contributed by atoms with Crippen LogP contribution in [0.25, 0.3) is 10.9 Å². The molecule has 0 unspecified atom stereocenters. The van der Waals surface area contributed by atoms with Crippen LogP contribution in [0.5, 0.6) is 5.75 Å². The molecule has 1 aromatic heterocycles. The Morgan fingerprint density at radius 3 is 2.03 bits per heavy atom. The van der Waals surface area contributed by atoms with Crippen molar-refractivity contribution in [2.75, 3.05) is 12.4 Å². The molecule has 1 aromatic carbocycles. The maximum absolute atomic E-state index is 13.4. The molecule has 0 spiro atoms. The second-order valence-corrected chi connectivity index (χ2v) is 7.88. The Labute approximate surface area is 170 Å². The molecule has 29 heavy (non-hydrogen) atoms. The minimum atomic E-state index is -4.60. The van der Waals surface area contributed by atoms with Gasteiger partial charge in [-0.05, 0) is 25.0 Å². The summed E-state index contributed by atoms with van der Waals surface area (Å²) in [6.07, 6.45) is 8.17. The molecule has 1 heterocycles. The summed E-state index contributed by atoms with van der Waals surface area (Å²) in [4.78, 5) is 7.60. The molecule has 7 heteroatoms. The lowest BCUT2D eigenvalue weighted by Crippen LogP contribution is -2.22. The topological polar surface area (TPSA) is 47.0 Å². The first-order chi connectivity index (χ1) is 14.0. The third-order valence-corrected chi connectivity index (χ3v) is 5.60. The van der Waals surface area contributed by atoms with Crippen LogP contribution in [-0.4, -0.2) is 23.1 Å². The fraction of sp³-hybridized carbons (Fsp3) is 0.636. The van der Waals surface area contributed by atoms with Crippen molar-refractivity contribution in [1.82, 2.24) is 9.97 Å². The van der Waals surface area contributed by atoms with Gasteiger partial charge < -0.3 is 10.1 Å². The van der Waals surface area contributed by atoms with E-state index in [2.05, 4.69) is 15.3 Å². The van der Waals surface area contributed by atoms with Gasteiger partial charge in [-0.25, -0.2) is 9.97 Å². The number of alkyl halides is 3. The molecule has 1 aliphatic rings. The van der Waals surface area contributed by atoms with E-state index in [0.29, 0.717) is 11.1 Å². The average molecular weight is 409 g/mol. The number of aromatic nitrogens is 2. The van der Waals surface area contributed by atoms with E-state index in [0.717, 1.165) is 25.7 Å². The van der Waals surface area contributed by atoms with Crippen LogP contribution in [0, 0.1) is 0 Å². The van der Waals surface area contributed by atoms with Gasteiger partial charge in [0.2, 0.25) is 5.82 Å². The van der Waals surface area contributed by atoms with Crippen molar-refractivity contribution in [3.8, 4) is 5.75 Å². The predicted molar refractivity (Wildman–Crippen MR) is 109 cm³/mol. The molecule has 0 radical (unpaired) electrons. The van der Waals surface area contributed by atoms with Crippen LogP contribution in [0.2, 0.25) is 0 Å². The highest BCUT2D eigenvalue weighted by Crippen LogP contribution is 2.32. The Bertz CT molecular complexity index is 783. The normalized spacial score (nSPS) is 18.1. The van der Waals surface area contributed by atoms with Gasteiger partial charge in [-0.3, -0.25) is 0 Å². The predicted octanol–water partition coefficient (Wildman–Crippen LogP) is 6.74. The molecule has 0 saturated heterocycles. The van der Waals surface area contributed by atoms with E-state index < -0.39 is 12.0 Å². The molecular weight excluding hydrogens is 379 g/mol. The summed E-state index contributed by atoms with van der Waals surface area (Å²) in [7, 11) is 1.48. The van der Waals surface area contributed by atoms with E-state index >= 15 is 0 Å². The van der Waals surface area contributed by atoms with Crippen molar-refractivity contribution in [1.29, 1.82) is 0 Å². The Balaban J connectivity index is 1.87. The molecule has 1 fully saturated rings. The average Bonchev–Trinajstić information content (AvgIpc) is 2.68. The minimum Gasteiger partial charge on any atom is -0.497 e. The molecular formula is C22H30F3N3O. The quantitative estimate of drug-likeness (QED) is 0.610. The van der Waals surface area contributed by atoms with Gasteiger partial charge in [-0.15, -0.1) is 0 Å². The summed E-state index contributed by atoms with van der Waals surface area (Å²) in [5.74, 6) is -0.378. The van der Waals surface area contributed by atoms with E-state index in [1.807, 2.05) is 0 Å². The highest BCUT2D eigenvalue weighted by atomic mass is 19.4. The number of benzene rings is 1. The summed E-state index contributed by atoms with van der Waals surface area (Å²) >= 11 is 0. The van der Waals surface area contributed by atoms with Gasteiger partial charge >= 0.3 is 6.18 Å². The number of halogens is 3. The Morgan fingerprint density at radius 1 is 0.897 bits per heavy atom. The molecule has 1 saturated carbocycles. The third-order valence-electron chi connectivity index (χ3n) is 5.60. The van der Waals surface area contributed by atoms with Gasteiger partial charge in [0.05, 0.1) is 12.6 Å². The zero-order chi connectivity index (χ0) is 20.7. The lowest BCUT2D eigenvalue weighted by molar-refractivity contribution is -0.144. The fourth-order valence-corrected chi connectivity index (χ4v) is 3.97. The first kappa shape index (κ1) is 21.7. The van der Waals surface area contributed by atoms with E-state index in [-0.39, 0.29) is 17.4 Å². The summed E-state index contributed by atoms with van der Waals surface area (Å²) in [6.45, 7) is 0. The van der Waals surface area contributed by atoms with Crippen molar-refractivity contribution >= 4 is 16.7 Å². The van der Waals surface area contributed by atoms with Crippen molar-refractivity contribution in [3.05, 3.63) is 24.0 Å². The van der Waals surface area contributed by atoms with Gasteiger partial charge in [-0.2, -0.15) is 13.2 Å². The highest BCUT2D eigenvalue weighted by Gasteiger charge is 2.35. The molecule has 1 aliphatic carbocycles. The summed E-state index contributed by atoms with van der Waals surface area (Å²) in [5.41, 5.74) is 0.238. The van der Waals surface area contributed by atoms with Crippen molar-refractivity contribution in [3.63, 3.8) is 0 Å². The van der Waals surface area contributed by atoms with Crippen LogP contribution in [-0.2, 0) is 6.18 Å². The van der Waals surface area contributed by atoms with E-state index in [1.165, 1.54) is 58.1 Å². The number of anilines is 1. The smallest absolute Gasteiger partial charge is 0.451 e. The number of nitrogens with zero attached hydrogens (tertiary/aromatic N) is 2. The van der Waals surface area contributed by atoms with Gasteiger partial charge in [0.15, 0.2) is 0 Å². The van der Waals surface area contributed by atoms with Crippen molar-refractivity contribution in [2.24, 2.45) is 0 Å². The Hall–Kier alpha value is -2.05. The van der Waals surface area contributed by atoms with Crippen LogP contribution in [0.4, 0.5) is 19.0 Å². The van der Waals surface area contributed by atoms with Gasteiger partial charge in [0.1, 0.15) is 11.6 Å². The van der Waals surface area contributed by atoms with E-state index in [1.54, 1.807) is 12.1 Å².